The van der Waals surface area contributed by atoms with E-state index in [1.54, 1.807) is 17.6 Å². The first-order valence-electron chi connectivity index (χ1n) is 8.39. The average Bonchev–Trinajstić information content (AvgIpc) is 3.26. The van der Waals surface area contributed by atoms with Crippen LogP contribution in [0.4, 0.5) is 10.5 Å². The molecule has 0 spiro atoms. The molecule has 4 rings (SSSR count). The molecule has 24 heavy (non-hydrogen) atoms. The van der Waals surface area contributed by atoms with Crippen molar-refractivity contribution in [2.24, 2.45) is 0 Å². The van der Waals surface area contributed by atoms with Crippen molar-refractivity contribution < 1.29 is 9.53 Å². The van der Waals surface area contributed by atoms with Crippen LogP contribution in [0.2, 0.25) is 0 Å². The highest BCUT2D eigenvalue weighted by molar-refractivity contribution is 5.89. The Labute approximate surface area is 140 Å². The maximum Gasteiger partial charge on any atom is 0.414 e. The fraction of sp³-hybridized carbons (Fsp3) is 0.471. The van der Waals surface area contributed by atoms with Crippen LogP contribution >= 0.6 is 0 Å². The van der Waals surface area contributed by atoms with Crippen LogP contribution in [0.5, 0.6) is 0 Å². The van der Waals surface area contributed by atoms with Crippen molar-refractivity contribution in [1.29, 1.82) is 0 Å². The van der Waals surface area contributed by atoms with Crippen LogP contribution in [0.1, 0.15) is 18.9 Å². The molecule has 126 valence electrons. The summed E-state index contributed by atoms with van der Waals surface area (Å²) in [6, 6.07) is 10.1. The first kappa shape index (κ1) is 15.1. The third-order valence-corrected chi connectivity index (χ3v) is 4.77. The smallest absolute Gasteiger partial charge is 0.414 e. The van der Waals surface area contributed by atoms with Gasteiger partial charge in [0.2, 0.25) is 0 Å². The molecular formula is C17H21N5O2. The molecule has 0 radical (unpaired) electrons. The fourth-order valence-corrected chi connectivity index (χ4v) is 3.50. The lowest BCUT2D eigenvalue weighted by molar-refractivity contribution is 0.0911. The number of ether oxygens (including phenoxy) is 1. The molecule has 1 unspecified atom stereocenters. The quantitative estimate of drug-likeness (QED) is 0.859. The van der Waals surface area contributed by atoms with E-state index in [0.717, 1.165) is 38.2 Å². The minimum absolute atomic E-state index is 0.0689. The van der Waals surface area contributed by atoms with Crippen LogP contribution in [-0.4, -0.2) is 58.0 Å². The lowest BCUT2D eigenvalue weighted by atomic mass is 10.0. The van der Waals surface area contributed by atoms with Gasteiger partial charge in [-0.15, -0.1) is 0 Å². The molecule has 0 bridgehead atoms. The van der Waals surface area contributed by atoms with Crippen molar-refractivity contribution in [3.63, 3.8) is 0 Å². The van der Waals surface area contributed by atoms with Gasteiger partial charge >= 0.3 is 6.09 Å². The number of piperidine rings is 1. The highest BCUT2D eigenvalue weighted by Crippen LogP contribution is 2.24. The van der Waals surface area contributed by atoms with E-state index in [1.165, 1.54) is 0 Å². The number of amides is 1. The Bertz CT molecular complexity index is 668. The first-order valence-corrected chi connectivity index (χ1v) is 8.39. The number of hydrogen-bond acceptors (Lipinski definition) is 5. The summed E-state index contributed by atoms with van der Waals surface area (Å²) >= 11 is 0. The minimum atomic E-state index is -0.247. The zero-order valence-corrected chi connectivity index (χ0v) is 13.5. The Kier molecular flexibility index (Phi) is 4.17. The summed E-state index contributed by atoms with van der Waals surface area (Å²) in [4.78, 5) is 20.2. The Morgan fingerprint density at radius 2 is 1.96 bits per heavy atom. The molecule has 1 atom stereocenters. The number of carbonyl (C=O) groups excluding carboxylic acids is 1. The van der Waals surface area contributed by atoms with Crippen LogP contribution < -0.4 is 4.90 Å². The number of benzene rings is 1. The molecule has 1 aromatic carbocycles. The van der Waals surface area contributed by atoms with Gasteiger partial charge in [0.1, 0.15) is 18.8 Å². The molecule has 2 aromatic rings. The predicted octanol–water partition coefficient (Wildman–Crippen LogP) is 1.94. The summed E-state index contributed by atoms with van der Waals surface area (Å²) in [5, 5.41) is 4.23. The van der Waals surface area contributed by atoms with E-state index in [0.29, 0.717) is 12.6 Å². The number of likely N-dealkylation sites (tertiary alicyclic amines) is 1. The first-order chi connectivity index (χ1) is 11.8. The molecule has 7 nitrogen and oxygen atoms in total. The lowest BCUT2D eigenvalue weighted by Gasteiger charge is -2.32. The van der Waals surface area contributed by atoms with Gasteiger partial charge in [0, 0.05) is 25.3 Å². The van der Waals surface area contributed by atoms with Gasteiger partial charge < -0.3 is 4.74 Å². The van der Waals surface area contributed by atoms with Gasteiger partial charge in [-0.2, -0.15) is 5.10 Å². The van der Waals surface area contributed by atoms with Crippen molar-refractivity contribution in [3.8, 4) is 0 Å². The lowest BCUT2D eigenvalue weighted by Crippen LogP contribution is -2.40. The molecule has 1 amide bonds. The molecule has 3 heterocycles. The maximum atomic E-state index is 12.1. The van der Waals surface area contributed by atoms with Gasteiger partial charge in [-0.05, 0) is 25.0 Å². The third kappa shape index (κ3) is 3.12. The standard InChI is InChI=1S/C17H21N5O2/c23-17-21(14-4-2-1-3-5-14)11-16(24-17)10-20-8-6-15(7-9-20)22-13-18-12-19-22/h1-5,12-13,15-16H,6-11H2. The number of anilines is 1. The van der Waals surface area contributed by atoms with Gasteiger partial charge in [0.25, 0.3) is 0 Å². The largest absolute Gasteiger partial charge is 0.443 e. The van der Waals surface area contributed by atoms with Crippen LogP contribution in [-0.2, 0) is 4.74 Å². The van der Waals surface area contributed by atoms with E-state index < -0.39 is 0 Å². The third-order valence-electron chi connectivity index (χ3n) is 4.77. The van der Waals surface area contributed by atoms with Crippen LogP contribution in [0, 0.1) is 0 Å². The van der Waals surface area contributed by atoms with Gasteiger partial charge in [0.15, 0.2) is 0 Å². The summed E-state index contributed by atoms with van der Waals surface area (Å²) < 4.78 is 7.50. The summed E-state index contributed by atoms with van der Waals surface area (Å²) in [7, 11) is 0. The van der Waals surface area contributed by atoms with E-state index in [9.17, 15) is 4.79 Å². The molecule has 2 aliphatic rings. The van der Waals surface area contributed by atoms with E-state index in [2.05, 4.69) is 15.0 Å². The van der Waals surface area contributed by atoms with E-state index in [4.69, 9.17) is 4.74 Å². The molecule has 0 saturated carbocycles. The second-order valence-electron chi connectivity index (χ2n) is 6.36. The monoisotopic (exact) mass is 327 g/mol. The molecular weight excluding hydrogens is 306 g/mol. The summed E-state index contributed by atoms with van der Waals surface area (Å²) in [5.41, 5.74) is 0.898. The number of hydrogen-bond donors (Lipinski definition) is 0. The summed E-state index contributed by atoms with van der Waals surface area (Å²) in [6.07, 6.45) is 5.15. The fourth-order valence-electron chi connectivity index (χ4n) is 3.50. The van der Waals surface area contributed by atoms with Crippen molar-refractivity contribution in [2.45, 2.75) is 25.0 Å². The number of para-hydroxylation sites is 1. The van der Waals surface area contributed by atoms with Gasteiger partial charge in [-0.3, -0.25) is 9.80 Å². The van der Waals surface area contributed by atoms with Crippen molar-refractivity contribution in [1.82, 2.24) is 19.7 Å². The van der Waals surface area contributed by atoms with Crippen molar-refractivity contribution in [3.05, 3.63) is 43.0 Å². The summed E-state index contributed by atoms with van der Waals surface area (Å²) in [5.74, 6) is 0. The molecule has 2 saturated heterocycles. The zero-order valence-electron chi connectivity index (χ0n) is 13.5. The average molecular weight is 327 g/mol. The Morgan fingerprint density at radius 1 is 1.17 bits per heavy atom. The van der Waals surface area contributed by atoms with Gasteiger partial charge in [0.05, 0.1) is 12.6 Å². The second-order valence-corrected chi connectivity index (χ2v) is 6.36. The van der Waals surface area contributed by atoms with Crippen molar-refractivity contribution >= 4 is 11.8 Å². The predicted molar refractivity (Wildman–Crippen MR) is 88.8 cm³/mol. The number of cyclic esters (lactones) is 1. The van der Waals surface area contributed by atoms with E-state index >= 15 is 0 Å². The minimum Gasteiger partial charge on any atom is -0.443 e. The number of carbonyl (C=O) groups is 1. The summed E-state index contributed by atoms with van der Waals surface area (Å²) in [6.45, 7) is 3.39. The van der Waals surface area contributed by atoms with E-state index in [-0.39, 0.29) is 12.2 Å². The number of rotatable bonds is 4. The number of aromatic nitrogens is 3. The second kappa shape index (κ2) is 6.60. The number of nitrogens with zero attached hydrogens (tertiary/aromatic N) is 5. The molecule has 2 aliphatic heterocycles. The highest BCUT2D eigenvalue weighted by Gasteiger charge is 2.34. The Hall–Kier alpha value is -2.41. The topological polar surface area (TPSA) is 63.5 Å². The van der Waals surface area contributed by atoms with Gasteiger partial charge in [-0.1, -0.05) is 18.2 Å². The maximum absolute atomic E-state index is 12.1. The Balaban J connectivity index is 1.30. The van der Waals surface area contributed by atoms with Crippen molar-refractivity contribution in [2.75, 3.05) is 31.1 Å². The van der Waals surface area contributed by atoms with Gasteiger partial charge in [-0.25, -0.2) is 14.5 Å². The molecule has 1 aromatic heterocycles. The molecule has 7 heteroatoms. The molecule has 0 N–H and O–H groups in total. The SMILES string of the molecule is O=C1OC(CN2CCC(n3cncn3)CC2)CN1c1ccccc1. The molecule has 0 aliphatic carbocycles. The van der Waals surface area contributed by atoms with E-state index in [1.807, 2.05) is 35.0 Å². The van der Waals surface area contributed by atoms with Crippen LogP contribution in [0.15, 0.2) is 43.0 Å². The van der Waals surface area contributed by atoms with Crippen LogP contribution in [0.3, 0.4) is 0 Å². The Morgan fingerprint density at radius 3 is 2.67 bits per heavy atom. The highest BCUT2D eigenvalue weighted by atomic mass is 16.6. The van der Waals surface area contributed by atoms with Crippen LogP contribution in [0.25, 0.3) is 0 Å². The molecule has 2 fully saturated rings. The normalized spacial score (nSPS) is 22.8. The zero-order chi connectivity index (χ0) is 16.4.